The quantitative estimate of drug-likeness (QED) is 0.0918. The SMILES string of the molecule is C=COC(=O)c1ccc2c(c1)-c1ccccc1/C2=N\N(c1ccccc1)c1ccc(/C=C/c2ccccc2)cc1. The van der Waals surface area contributed by atoms with Gasteiger partial charge in [-0.25, -0.2) is 9.80 Å². The maximum absolute atomic E-state index is 12.4. The summed E-state index contributed by atoms with van der Waals surface area (Å²) in [4.78, 5) is 12.4. The topological polar surface area (TPSA) is 41.9 Å². The van der Waals surface area contributed by atoms with Gasteiger partial charge >= 0.3 is 5.97 Å². The molecule has 0 saturated heterocycles. The Kier molecular flexibility index (Phi) is 6.89. The fourth-order valence-electron chi connectivity index (χ4n) is 4.84. The molecule has 0 amide bonds. The molecule has 0 spiro atoms. The third kappa shape index (κ3) is 4.98. The number of hydrogen-bond acceptors (Lipinski definition) is 4. The molecule has 6 rings (SSSR count). The minimum absolute atomic E-state index is 0.437. The lowest BCUT2D eigenvalue weighted by Gasteiger charge is -2.21. The average molecular weight is 519 g/mol. The summed E-state index contributed by atoms with van der Waals surface area (Å²) in [5, 5.41) is 7.20. The first-order chi connectivity index (χ1) is 19.7. The largest absolute Gasteiger partial charge is 0.432 e. The van der Waals surface area contributed by atoms with Crippen LogP contribution in [0.25, 0.3) is 23.3 Å². The van der Waals surface area contributed by atoms with Gasteiger partial charge in [0.05, 0.1) is 28.9 Å². The van der Waals surface area contributed by atoms with Crippen molar-refractivity contribution in [2.75, 3.05) is 5.01 Å². The second-order valence-electron chi connectivity index (χ2n) is 9.31. The van der Waals surface area contributed by atoms with Gasteiger partial charge < -0.3 is 4.74 Å². The number of anilines is 2. The molecule has 0 atom stereocenters. The van der Waals surface area contributed by atoms with E-state index in [1.807, 2.05) is 77.8 Å². The standard InChI is InChI=1S/C36H26N2O2/c1-2-40-36(39)28-21-24-33-34(25-28)31-15-9-10-16-32(31)35(33)37-38(29-13-7-4-8-14-29)30-22-19-27(20-23-30)18-17-26-11-5-3-6-12-26/h2-25H,1H2/b18-17+,37-35+. The van der Waals surface area contributed by atoms with Gasteiger partial charge in [-0.1, -0.05) is 110 Å². The third-order valence-corrected chi connectivity index (χ3v) is 6.78. The molecular weight excluding hydrogens is 492 g/mol. The Bertz CT molecular complexity index is 1740. The summed E-state index contributed by atoms with van der Waals surface area (Å²) < 4.78 is 5.02. The zero-order chi connectivity index (χ0) is 27.3. The van der Waals surface area contributed by atoms with Gasteiger partial charge in [0, 0.05) is 11.1 Å². The minimum Gasteiger partial charge on any atom is -0.432 e. The van der Waals surface area contributed by atoms with Crippen LogP contribution in [0.15, 0.2) is 145 Å². The van der Waals surface area contributed by atoms with Gasteiger partial charge in [-0.15, -0.1) is 0 Å². The molecule has 1 aliphatic rings. The van der Waals surface area contributed by atoms with Gasteiger partial charge in [0.2, 0.25) is 0 Å². The lowest BCUT2D eigenvalue weighted by Crippen LogP contribution is -2.14. The number of carbonyl (C=O) groups excluding carboxylic acids is 1. The Balaban J connectivity index is 1.42. The third-order valence-electron chi connectivity index (χ3n) is 6.78. The lowest BCUT2D eigenvalue weighted by molar-refractivity contribution is 0.0664. The molecule has 0 heterocycles. The van der Waals surface area contributed by atoms with Gasteiger partial charge in [-0.3, -0.25) is 0 Å². The predicted molar refractivity (Wildman–Crippen MR) is 164 cm³/mol. The molecule has 0 radical (unpaired) electrons. The van der Waals surface area contributed by atoms with E-state index < -0.39 is 5.97 Å². The van der Waals surface area contributed by atoms with Crippen LogP contribution in [-0.2, 0) is 4.74 Å². The van der Waals surface area contributed by atoms with Crippen molar-refractivity contribution in [2.45, 2.75) is 0 Å². The van der Waals surface area contributed by atoms with E-state index in [0.717, 1.165) is 56.7 Å². The molecule has 5 aromatic carbocycles. The van der Waals surface area contributed by atoms with Crippen LogP contribution in [0.4, 0.5) is 11.4 Å². The molecule has 1 aliphatic carbocycles. The number of fused-ring (bicyclic) bond motifs is 3. The van der Waals surface area contributed by atoms with Crippen molar-refractivity contribution >= 4 is 35.2 Å². The van der Waals surface area contributed by atoms with Crippen LogP contribution in [0.1, 0.15) is 32.6 Å². The van der Waals surface area contributed by atoms with Crippen LogP contribution >= 0.6 is 0 Å². The molecule has 0 aromatic heterocycles. The van der Waals surface area contributed by atoms with E-state index in [-0.39, 0.29) is 0 Å². The average Bonchev–Trinajstić information content (AvgIpc) is 3.33. The Hall–Kier alpha value is -5.48. The Labute approximate surface area is 233 Å². The number of hydrogen-bond donors (Lipinski definition) is 0. The Morgan fingerprint density at radius 3 is 1.90 bits per heavy atom. The molecule has 0 saturated carbocycles. The highest BCUT2D eigenvalue weighted by molar-refractivity contribution is 6.25. The summed E-state index contributed by atoms with van der Waals surface area (Å²) in [5.41, 5.74) is 9.38. The van der Waals surface area contributed by atoms with Crippen molar-refractivity contribution < 1.29 is 9.53 Å². The highest BCUT2D eigenvalue weighted by Gasteiger charge is 2.27. The summed E-state index contributed by atoms with van der Waals surface area (Å²) in [7, 11) is 0. The highest BCUT2D eigenvalue weighted by Crippen LogP contribution is 2.39. The van der Waals surface area contributed by atoms with Crippen molar-refractivity contribution in [1.29, 1.82) is 0 Å². The van der Waals surface area contributed by atoms with E-state index in [0.29, 0.717) is 5.56 Å². The number of nitrogens with zero attached hydrogens (tertiary/aromatic N) is 2. The van der Waals surface area contributed by atoms with Crippen molar-refractivity contribution in [3.05, 3.63) is 168 Å². The van der Waals surface area contributed by atoms with Crippen molar-refractivity contribution in [2.24, 2.45) is 5.10 Å². The second kappa shape index (κ2) is 11.1. The molecule has 0 aliphatic heterocycles. The predicted octanol–water partition coefficient (Wildman–Crippen LogP) is 8.73. The minimum atomic E-state index is -0.437. The Morgan fingerprint density at radius 2 is 1.20 bits per heavy atom. The van der Waals surface area contributed by atoms with E-state index in [9.17, 15) is 4.79 Å². The van der Waals surface area contributed by atoms with Crippen LogP contribution in [-0.4, -0.2) is 11.7 Å². The molecule has 0 unspecified atom stereocenters. The number of carbonyl (C=O) groups is 1. The number of esters is 1. The normalized spacial score (nSPS) is 12.7. The number of ether oxygens (including phenoxy) is 1. The number of rotatable bonds is 7. The van der Waals surface area contributed by atoms with Gasteiger partial charge in [-0.2, -0.15) is 5.10 Å². The second-order valence-corrected chi connectivity index (χ2v) is 9.31. The zero-order valence-corrected chi connectivity index (χ0v) is 21.8. The smallest absolute Gasteiger partial charge is 0.342 e. The Morgan fingerprint density at radius 1 is 0.625 bits per heavy atom. The van der Waals surface area contributed by atoms with E-state index in [1.165, 1.54) is 0 Å². The molecule has 4 nitrogen and oxygen atoms in total. The maximum atomic E-state index is 12.4. The monoisotopic (exact) mass is 518 g/mol. The maximum Gasteiger partial charge on any atom is 0.342 e. The van der Waals surface area contributed by atoms with Crippen LogP contribution in [0.5, 0.6) is 0 Å². The molecule has 0 bridgehead atoms. The fourth-order valence-corrected chi connectivity index (χ4v) is 4.84. The first-order valence-corrected chi connectivity index (χ1v) is 13.0. The van der Waals surface area contributed by atoms with E-state index in [1.54, 1.807) is 6.07 Å². The van der Waals surface area contributed by atoms with Crippen molar-refractivity contribution in [1.82, 2.24) is 0 Å². The first kappa shape index (κ1) is 24.8. The van der Waals surface area contributed by atoms with E-state index >= 15 is 0 Å². The van der Waals surface area contributed by atoms with Crippen LogP contribution in [0.2, 0.25) is 0 Å². The number of hydrazone groups is 1. The summed E-state index contributed by atoms with van der Waals surface area (Å²) in [6, 6.07) is 42.4. The molecule has 192 valence electrons. The van der Waals surface area contributed by atoms with E-state index in [2.05, 4.69) is 67.3 Å². The van der Waals surface area contributed by atoms with Crippen molar-refractivity contribution in [3.63, 3.8) is 0 Å². The van der Waals surface area contributed by atoms with Gasteiger partial charge in [0.1, 0.15) is 0 Å². The molecule has 0 fully saturated rings. The zero-order valence-electron chi connectivity index (χ0n) is 21.8. The van der Waals surface area contributed by atoms with Crippen LogP contribution in [0.3, 0.4) is 0 Å². The number of benzene rings is 5. The van der Waals surface area contributed by atoms with Crippen LogP contribution in [0, 0.1) is 0 Å². The van der Waals surface area contributed by atoms with Gasteiger partial charge in [0.15, 0.2) is 0 Å². The first-order valence-electron chi connectivity index (χ1n) is 13.0. The van der Waals surface area contributed by atoms with Crippen molar-refractivity contribution in [3.8, 4) is 11.1 Å². The fraction of sp³-hybridized carbons (Fsp3) is 0. The summed E-state index contributed by atoms with van der Waals surface area (Å²) in [6.07, 6.45) is 5.36. The van der Waals surface area contributed by atoms with Gasteiger partial charge in [-0.05, 0) is 58.7 Å². The highest BCUT2D eigenvalue weighted by atomic mass is 16.5. The summed E-state index contributed by atoms with van der Waals surface area (Å²) in [5.74, 6) is -0.437. The summed E-state index contributed by atoms with van der Waals surface area (Å²) >= 11 is 0. The van der Waals surface area contributed by atoms with E-state index in [4.69, 9.17) is 9.84 Å². The lowest BCUT2D eigenvalue weighted by atomic mass is 10.0. The molecule has 5 aromatic rings. The number of para-hydroxylation sites is 1. The molecule has 4 heteroatoms. The summed E-state index contributed by atoms with van der Waals surface area (Å²) in [6.45, 7) is 3.50. The molecular formula is C36H26N2O2. The van der Waals surface area contributed by atoms with Gasteiger partial charge in [0.25, 0.3) is 0 Å². The molecule has 0 N–H and O–H groups in total. The molecule has 40 heavy (non-hydrogen) atoms. The van der Waals surface area contributed by atoms with Crippen LogP contribution < -0.4 is 5.01 Å².